The zero-order valence-corrected chi connectivity index (χ0v) is 15.9. The second-order valence-corrected chi connectivity index (χ2v) is 8.99. The van der Waals surface area contributed by atoms with Crippen LogP contribution < -0.4 is 11.3 Å². The van der Waals surface area contributed by atoms with Crippen LogP contribution in [0.5, 0.6) is 0 Å². The Morgan fingerprint density at radius 3 is 2.93 bits per heavy atom. The van der Waals surface area contributed by atoms with Gasteiger partial charge in [0.1, 0.15) is 11.6 Å². The molecule has 1 spiro atoms. The minimum absolute atomic E-state index is 0.0541. The average Bonchev–Trinajstić information content (AvgIpc) is 3.17. The van der Waals surface area contributed by atoms with Gasteiger partial charge in [-0.15, -0.1) is 0 Å². The summed E-state index contributed by atoms with van der Waals surface area (Å²) < 4.78 is 1.58. The summed E-state index contributed by atoms with van der Waals surface area (Å²) in [4.78, 5) is 25.4. The second kappa shape index (κ2) is 4.93. The van der Waals surface area contributed by atoms with Crippen LogP contribution in [0.25, 0.3) is 5.69 Å². The molecule has 5 atom stereocenters. The second-order valence-electron chi connectivity index (χ2n) is 8.99. The van der Waals surface area contributed by atoms with Crippen LogP contribution in [-0.2, 0) is 5.41 Å². The van der Waals surface area contributed by atoms with Crippen LogP contribution in [0, 0.1) is 11.1 Å². The van der Waals surface area contributed by atoms with Crippen LogP contribution in [0.15, 0.2) is 35.1 Å². The van der Waals surface area contributed by atoms with E-state index in [0.29, 0.717) is 13.1 Å². The van der Waals surface area contributed by atoms with Gasteiger partial charge in [-0.3, -0.25) is 14.2 Å². The van der Waals surface area contributed by atoms with Gasteiger partial charge in [0, 0.05) is 24.5 Å². The molecule has 3 aliphatic heterocycles. The van der Waals surface area contributed by atoms with E-state index in [-0.39, 0.29) is 33.6 Å². The zero-order chi connectivity index (χ0) is 19.4. The summed E-state index contributed by atoms with van der Waals surface area (Å²) in [7, 11) is 0. The van der Waals surface area contributed by atoms with Crippen molar-refractivity contribution in [2.45, 2.75) is 43.6 Å². The Morgan fingerprint density at radius 2 is 2.18 bits per heavy atom. The Balaban J connectivity index is 1.80. The molecule has 2 aromatic rings. The lowest BCUT2D eigenvalue weighted by Crippen LogP contribution is -2.61. The van der Waals surface area contributed by atoms with Gasteiger partial charge in [-0.2, -0.15) is 0 Å². The molecule has 6 rings (SSSR count). The van der Waals surface area contributed by atoms with E-state index in [1.165, 1.54) is 0 Å². The number of piperidine rings is 1. The third-order valence-electron chi connectivity index (χ3n) is 8.08. The van der Waals surface area contributed by atoms with Crippen molar-refractivity contribution in [3.05, 3.63) is 68.3 Å². The first-order chi connectivity index (χ1) is 13.4. The molecule has 6 nitrogen and oxygen atoms in total. The van der Waals surface area contributed by atoms with E-state index in [9.17, 15) is 14.8 Å². The maximum Gasteiger partial charge on any atom is 0.268 e. The number of nitrogens with two attached hydrogens (primary N) is 1. The van der Waals surface area contributed by atoms with Gasteiger partial charge in [0.05, 0.1) is 24.2 Å². The number of nitrogens with zero attached hydrogens (tertiary/aromatic N) is 2. The van der Waals surface area contributed by atoms with Gasteiger partial charge in [-0.05, 0) is 35.6 Å². The predicted molar refractivity (Wildman–Crippen MR) is 104 cm³/mol. The van der Waals surface area contributed by atoms with Gasteiger partial charge in [0.2, 0.25) is 0 Å². The first kappa shape index (κ1) is 16.5. The van der Waals surface area contributed by atoms with E-state index < -0.39 is 11.3 Å². The number of quaternary nitrogens is 1. The quantitative estimate of drug-likeness (QED) is 0.642. The molecule has 0 unspecified atom stereocenters. The molecule has 2 saturated heterocycles. The first-order valence-corrected chi connectivity index (χ1v) is 10.2. The number of benzene rings is 1. The van der Waals surface area contributed by atoms with Crippen molar-refractivity contribution in [2.75, 3.05) is 13.1 Å². The molecular formula is C22H23N3O3. The summed E-state index contributed by atoms with van der Waals surface area (Å²) in [6.07, 6.45) is 2.49. The number of pyridine rings is 1. The Hall–Kier alpha value is -2.44. The number of carbonyl (C=O) groups excluding carboxylic acids is 1. The van der Waals surface area contributed by atoms with Crippen LogP contribution >= 0.6 is 0 Å². The van der Waals surface area contributed by atoms with E-state index in [1.807, 2.05) is 18.2 Å². The Morgan fingerprint density at radius 1 is 1.39 bits per heavy atom. The molecule has 1 aliphatic carbocycles. The highest BCUT2D eigenvalue weighted by atomic mass is 16.5. The van der Waals surface area contributed by atoms with E-state index in [1.54, 1.807) is 10.6 Å². The minimum atomic E-state index is -0.679. The monoisotopic (exact) mass is 377 g/mol. The smallest absolute Gasteiger partial charge is 0.268 e. The summed E-state index contributed by atoms with van der Waals surface area (Å²) in [6.45, 7) is 3.35. The normalized spacial score (nSPS) is 36.1. The molecule has 2 N–H and O–H groups in total. The van der Waals surface area contributed by atoms with Crippen LogP contribution in [0.3, 0.4) is 0 Å². The maximum absolute atomic E-state index is 13.9. The topological polar surface area (TPSA) is 88.2 Å². The summed E-state index contributed by atoms with van der Waals surface area (Å²) in [6, 6.07) is 9.61. The molecule has 0 radical (unpaired) electrons. The average molecular weight is 377 g/mol. The van der Waals surface area contributed by atoms with Crippen molar-refractivity contribution in [3.8, 4) is 5.69 Å². The Bertz CT molecular complexity index is 1120. The van der Waals surface area contributed by atoms with Crippen molar-refractivity contribution in [2.24, 2.45) is 11.7 Å². The number of para-hydroxylation sites is 1. The van der Waals surface area contributed by atoms with Crippen LogP contribution in [0.1, 0.15) is 59.3 Å². The highest BCUT2D eigenvalue weighted by Crippen LogP contribution is 2.63. The van der Waals surface area contributed by atoms with Crippen LogP contribution in [0.2, 0.25) is 0 Å². The molecule has 1 amide bonds. The molecule has 4 aliphatic rings. The minimum Gasteiger partial charge on any atom is -0.633 e. The first-order valence-electron chi connectivity index (χ1n) is 10.2. The number of aromatic nitrogens is 1. The van der Waals surface area contributed by atoms with Crippen LogP contribution in [-0.4, -0.2) is 34.3 Å². The van der Waals surface area contributed by atoms with Gasteiger partial charge in [-0.25, -0.2) is 0 Å². The van der Waals surface area contributed by atoms with Crippen molar-refractivity contribution in [3.63, 3.8) is 0 Å². The fraction of sp³-hybridized carbons (Fsp3) is 0.455. The third-order valence-corrected chi connectivity index (χ3v) is 8.08. The summed E-state index contributed by atoms with van der Waals surface area (Å²) in [5.41, 5.74) is 8.82. The lowest BCUT2D eigenvalue weighted by atomic mass is 9.59. The van der Waals surface area contributed by atoms with Crippen LogP contribution in [0.4, 0.5) is 0 Å². The molecule has 2 bridgehead atoms. The third kappa shape index (κ3) is 1.60. The summed E-state index contributed by atoms with van der Waals surface area (Å²) in [5, 5.41) is 13.9. The summed E-state index contributed by atoms with van der Waals surface area (Å²) in [5.74, 6) is -0.214. The molecule has 4 heterocycles. The van der Waals surface area contributed by atoms with Gasteiger partial charge in [0.25, 0.3) is 11.5 Å². The SMILES string of the molecule is CC[C@@H]1C[N@+]2([O-])CC[C@]34c5ccccc5-n5c3c(cc(C(N)=O)c5=O)[C@H]1C[C@@H]42. The highest BCUT2D eigenvalue weighted by Gasteiger charge is 2.67. The highest BCUT2D eigenvalue weighted by molar-refractivity contribution is 5.93. The van der Waals surface area contributed by atoms with Gasteiger partial charge >= 0.3 is 0 Å². The van der Waals surface area contributed by atoms with Crippen molar-refractivity contribution < 1.29 is 9.44 Å². The number of primary amides is 1. The number of hydroxylamine groups is 3. The summed E-state index contributed by atoms with van der Waals surface area (Å²) >= 11 is 0. The molecule has 0 saturated carbocycles. The number of hydrogen-bond donors (Lipinski definition) is 1. The van der Waals surface area contributed by atoms with Gasteiger partial charge in [0.15, 0.2) is 0 Å². The molecule has 2 fully saturated rings. The zero-order valence-electron chi connectivity index (χ0n) is 15.9. The van der Waals surface area contributed by atoms with E-state index >= 15 is 0 Å². The largest absolute Gasteiger partial charge is 0.633 e. The fourth-order valence-electron chi connectivity index (χ4n) is 7.00. The van der Waals surface area contributed by atoms with Gasteiger partial charge in [-0.1, -0.05) is 25.1 Å². The number of amides is 1. The lowest BCUT2D eigenvalue weighted by Gasteiger charge is -2.57. The molecule has 1 aromatic carbocycles. The van der Waals surface area contributed by atoms with E-state index in [0.717, 1.165) is 41.8 Å². The molecule has 144 valence electrons. The lowest BCUT2D eigenvalue weighted by molar-refractivity contribution is -0.904. The molecule has 6 heteroatoms. The van der Waals surface area contributed by atoms with Crippen molar-refractivity contribution >= 4 is 5.91 Å². The molecule has 28 heavy (non-hydrogen) atoms. The van der Waals surface area contributed by atoms with Crippen molar-refractivity contribution in [1.82, 2.24) is 4.57 Å². The standard InChI is InChI=1S/C22H23N3O3/c1-2-12-11-25(28)8-7-22-16-5-3-4-6-17(16)24-19(22)14(13(12)10-18(22)25)9-15(20(23)26)21(24)27/h3-6,9,12-13,18H,2,7-8,10-11H2,1H3,(H2,23,26)/t12-,13+,18+,22-,25-/m1/s1. The van der Waals surface area contributed by atoms with E-state index in [4.69, 9.17) is 5.73 Å². The predicted octanol–water partition coefficient (Wildman–Crippen LogP) is 2.15. The number of hydrogen-bond acceptors (Lipinski definition) is 3. The number of rotatable bonds is 2. The molecule has 1 aromatic heterocycles. The number of carbonyl (C=O) groups is 1. The Kier molecular flexibility index (Phi) is 2.91. The molecular weight excluding hydrogens is 354 g/mol. The number of fused-ring (bicyclic) bond motifs is 4. The van der Waals surface area contributed by atoms with E-state index in [2.05, 4.69) is 13.0 Å². The maximum atomic E-state index is 13.9. The van der Waals surface area contributed by atoms with Crippen molar-refractivity contribution in [1.29, 1.82) is 0 Å². The Labute approximate surface area is 162 Å². The van der Waals surface area contributed by atoms with Gasteiger partial charge < -0.3 is 15.6 Å². The fourth-order valence-corrected chi connectivity index (χ4v) is 7.00.